The molecule has 1 aliphatic heterocycles. The minimum Gasteiger partial charge on any atom is -0.388 e. The fourth-order valence-corrected chi connectivity index (χ4v) is 1.44. The summed E-state index contributed by atoms with van der Waals surface area (Å²) in [6.45, 7) is 2.80. The lowest BCUT2D eigenvalue weighted by molar-refractivity contribution is 0.131. The van der Waals surface area contributed by atoms with Crippen LogP contribution in [0.3, 0.4) is 0 Å². The van der Waals surface area contributed by atoms with Crippen LogP contribution in [0.15, 0.2) is 30.3 Å². The summed E-state index contributed by atoms with van der Waals surface area (Å²) in [6, 6.07) is 9.71. The minimum absolute atomic E-state index is 0.0741. The van der Waals surface area contributed by atoms with Gasteiger partial charge >= 0.3 is 0 Å². The SMILES string of the molecule is CC1(CC(O)c2ccccc2)CO1. The smallest absolute Gasteiger partial charge is 0.0916 e. The van der Waals surface area contributed by atoms with Crippen LogP contribution in [0, 0.1) is 0 Å². The summed E-state index contributed by atoms with van der Waals surface area (Å²) in [7, 11) is 0. The van der Waals surface area contributed by atoms with E-state index in [1.807, 2.05) is 37.3 Å². The average molecular weight is 178 g/mol. The van der Waals surface area contributed by atoms with Crippen molar-refractivity contribution in [3.8, 4) is 0 Å². The molecule has 0 aliphatic carbocycles. The van der Waals surface area contributed by atoms with E-state index >= 15 is 0 Å². The van der Waals surface area contributed by atoms with E-state index in [-0.39, 0.29) is 5.60 Å². The van der Waals surface area contributed by atoms with Crippen molar-refractivity contribution >= 4 is 0 Å². The van der Waals surface area contributed by atoms with Crippen molar-refractivity contribution in [1.29, 1.82) is 0 Å². The van der Waals surface area contributed by atoms with Gasteiger partial charge in [0.15, 0.2) is 0 Å². The molecular weight excluding hydrogens is 164 g/mol. The highest BCUT2D eigenvalue weighted by atomic mass is 16.6. The first-order chi connectivity index (χ1) is 6.20. The van der Waals surface area contributed by atoms with Gasteiger partial charge in [-0.3, -0.25) is 0 Å². The number of benzene rings is 1. The third-order valence-corrected chi connectivity index (χ3v) is 2.45. The number of hydrogen-bond donors (Lipinski definition) is 1. The summed E-state index contributed by atoms with van der Waals surface area (Å²) in [5, 5.41) is 9.82. The third kappa shape index (κ3) is 2.08. The van der Waals surface area contributed by atoms with Crippen LogP contribution in [0.5, 0.6) is 0 Å². The van der Waals surface area contributed by atoms with Crippen molar-refractivity contribution in [2.75, 3.05) is 6.61 Å². The number of aliphatic hydroxyl groups is 1. The largest absolute Gasteiger partial charge is 0.388 e. The van der Waals surface area contributed by atoms with Gasteiger partial charge in [-0.2, -0.15) is 0 Å². The first-order valence-electron chi connectivity index (χ1n) is 4.57. The maximum absolute atomic E-state index is 9.82. The molecule has 2 nitrogen and oxygen atoms in total. The Morgan fingerprint density at radius 1 is 1.46 bits per heavy atom. The van der Waals surface area contributed by atoms with E-state index in [4.69, 9.17) is 4.74 Å². The molecule has 0 spiro atoms. The van der Waals surface area contributed by atoms with E-state index in [1.54, 1.807) is 0 Å². The van der Waals surface area contributed by atoms with Crippen LogP contribution in [0.4, 0.5) is 0 Å². The second kappa shape index (κ2) is 3.13. The molecule has 0 amide bonds. The molecule has 2 unspecified atom stereocenters. The predicted molar refractivity (Wildman–Crippen MR) is 50.4 cm³/mol. The topological polar surface area (TPSA) is 32.8 Å². The van der Waals surface area contributed by atoms with Gasteiger partial charge < -0.3 is 9.84 Å². The highest BCUT2D eigenvalue weighted by molar-refractivity contribution is 5.18. The average Bonchev–Trinajstić information content (AvgIpc) is 2.85. The summed E-state index contributed by atoms with van der Waals surface area (Å²) in [6.07, 6.45) is 0.297. The zero-order chi connectivity index (χ0) is 9.31. The Labute approximate surface area is 78.2 Å². The molecule has 13 heavy (non-hydrogen) atoms. The second-order valence-electron chi connectivity index (χ2n) is 3.87. The Morgan fingerprint density at radius 3 is 2.62 bits per heavy atom. The number of epoxide rings is 1. The molecule has 1 aromatic rings. The van der Waals surface area contributed by atoms with Crippen LogP contribution in [0.2, 0.25) is 0 Å². The molecule has 2 atom stereocenters. The first kappa shape index (κ1) is 8.73. The maximum atomic E-state index is 9.82. The molecule has 2 heteroatoms. The van der Waals surface area contributed by atoms with Crippen molar-refractivity contribution in [1.82, 2.24) is 0 Å². The van der Waals surface area contributed by atoms with Gasteiger partial charge in [-0.25, -0.2) is 0 Å². The fraction of sp³-hybridized carbons (Fsp3) is 0.455. The summed E-state index contributed by atoms with van der Waals surface area (Å²) >= 11 is 0. The number of aliphatic hydroxyl groups excluding tert-OH is 1. The Kier molecular flexibility index (Phi) is 2.10. The van der Waals surface area contributed by atoms with Gasteiger partial charge in [0.1, 0.15) is 0 Å². The molecule has 1 aliphatic rings. The third-order valence-electron chi connectivity index (χ3n) is 2.45. The van der Waals surface area contributed by atoms with Crippen LogP contribution in [-0.4, -0.2) is 17.3 Å². The molecular formula is C11H14O2. The predicted octanol–water partition coefficient (Wildman–Crippen LogP) is 1.90. The zero-order valence-electron chi connectivity index (χ0n) is 7.73. The highest BCUT2D eigenvalue weighted by Crippen LogP contribution is 2.35. The Morgan fingerprint density at radius 2 is 2.08 bits per heavy atom. The summed E-state index contributed by atoms with van der Waals surface area (Å²) in [5.74, 6) is 0. The van der Waals surface area contributed by atoms with Gasteiger partial charge in [0.2, 0.25) is 0 Å². The summed E-state index contributed by atoms with van der Waals surface area (Å²) < 4.78 is 5.23. The lowest BCUT2D eigenvalue weighted by atomic mass is 9.99. The quantitative estimate of drug-likeness (QED) is 0.717. The van der Waals surface area contributed by atoms with Gasteiger partial charge in [0.05, 0.1) is 18.3 Å². The van der Waals surface area contributed by atoms with Gasteiger partial charge in [-0.15, -0.1) is 0 Å². The summed E-state index contributed by atoms with van der Waals surface area (Å²) in [4.78, 5) is 0. The van der Waals surface area contributed by atoms with Crippen molar-refractivity contribution < 1.29 is 9.84 Å². The molecule has 0 aromatic heterocycles. The minimum atomic E-state index is -0.395. The van der Waals surface area contributed by atoms with Crippen molar-refractivity contribution in [2.24, 2.45) is 0 Å². The van der Waals surface area contributed by atoms with E-state index in [0.717, 1.165) is 12.2 Å². The maximum Gasteiger partial charge on any atom is 0.0916 e. The van der Waals surface area contributed by atoms with Gasteiger partial charge in [-0.05, 0) is 12.5 Å². The molecule has 1 aromatic carbocycles. The lowest BCUT2D eigenvalue weighted by Crippen LogP contribution is -2.11. The van der Waals surface area contributed by atoms with Crippen molar-refractivity contribution in [2.45, 2.75) is 25.0 Å². The molecule has 2 rings (SSSR count). The highest BCUT2D eigenvalue weighted by Gasteiger charge is 2.41. The lowest BCUT2D eigenvalue weighted by Gasteiger charge is -2.12. The number of rotatable bonds is 3. The normalized spacial score (nSPS) is 28.5. The van der Waals surface area contributed by atoms with Gasteiger partial charge in [0.25, 0.3) is 0 Å². The zero-order valence-corrected chi connectivity index (χ0v) is 7.73. The molecule has 1 saturated heterocycles. The Hall–Kier alpha value is -0.860. The Balaban J connectivity index is 2.01. The number of ether oxygens (including phenoxy) is 1. The van der Waals surface area contributed by atoms with Crippen LogP contribution in [0.25, 0.3) is 0 Å². The molecule has 1 heterocycles. The van der Waals surface area contributed by atoms with Crippen LogP contribution < -0.4 is 0 Å². The second-order valence-corrected chi connectivity index (χ2v) is 3.87. The van der Waals surface area contributed by atoms with E-state index < -0.39 is 6.10 Å². The standard InChI is InChI=1S/C11H14O2/c1-11(8-13-11)7-10(12)9-5-3-2-4-6-9/h2-6,10,12H,7-8H2,1H3. The van der Waals surface area contributed by atoms with Crippen molar-refractivity contribution in [3.63, 3.8) is 0 Å². The first-order valence-corrected chi connectivity index (χ1v) is 4.57. The summed E-state index contributed by atoms with van der Waals surface area (Å²) in [5.41, 5.74) is 0.897. The van der Waals surface area contributed by atoms with E-state index in [9.17, 15) is 5.11 Å². The van der Waals surface area contributed by atoms with E-state index in [0.29, 0.717) is 6.42 Å². The monoisotopic (exact) mass is 178 g/mol. The molecule has 0 bridgehead atoms. The van der Waals surface area contributed by atoms with Crippen molar-refractivity contribution in [3.05, 3.63) is 35.9 Å². The van der Waals surface area contributed by atoms with Gasteiger partial charge in [-0.1, -0.05) is 30.3 Å². The molecule has 1 N–H and O–H groups in total. The fourth-order valence-electron chi connectivity index (χ4n) is 1.44. The van der Waals surface area contributed by atoms with Gasteiger partial charge in [0, 0.05) is 6.42 Å². The van der Waals surface area contributed by atoms with Crippen LogP contribution in [0.1, 0.15) is 25.0 Å². The molecule has 1 fully saturated rings. The van der Waals surface area contributed by atoms with Crippen LogP contribution >= 0.6 is 0 Å². The molecule has 0 radical (unpaired) electrons. The van der Waals surface area contributed by atoms with E-state index in [2.05, 4.69) is 0 Å². The van der Waals surface area contributed by atoms with Crippen LogP contribution in [-0.2, 0) is 4.74 Å². The molecule has 0 saturated carbocycles. The van der Waals surface area contributed by atoms with E-state index in [1.165, 1.54) is 0 Å². The molecule has 70 valence electrons. The number of hydrogen-bond acceptors (Lipinski definition) is 2. The Bertz CT molecular complexity index is 277.